The van der Waals surface area contributed by atoms with Crippen LogP contribution in [-0.2, 0) is 22.7 Å². The number of hydrogen-bond donors (Lipinski definition) is 3. The molecule has 0 spiro atoms. The van der Waals surface area contributed by atoms with Gasteiger partial charge in [-0.05, 0) is 17.9 Å². The highest BCUT2D eigenvalue weighted by molar-refractivity contribution is 5.77. The third-order valence-electron chi connectivity index (χ3n) is 4.20. The van der Waals surface area contributed by atoms with Crippen molar-refractivity contribution in [3.63, 3.8) is 0 Å². The molecule has 2 rings (SSSR count). The minimum Gasteiger partial charge on any atom is -0.480 e. The van der Waals surface area contributed by atoms with E-state index in [1.165, 1.54) is 15.3 Å². The van der Waals surface area contributed by atoms with Gasteiger partial charge in [0.1, 0.15) is 12.1 Å². The second-order valence-corrected chi connectivity index (χ2v) is 6.92. The summed E-state index contributed by atoms with van der Waals surface area (Å²) in [7, 11) is 0. The van der Waals surface area contributed by atoms with Crippen molar-refractivity contribution < 1.29 is 19.8 Å². The van der Waals surface area contributed by atoms with Crippen LogP contribution in [0.5, 0.6) is 0 Å². The van der Waals surface area contributed by atoms with Crippen LogP contribution in [0.15, 0.2) is 47.5 Å². The fourth-order valence-electron chi connectivity index (χ4n) is 2.85. The molecule has 0 saturated heterocycles. The number of imidazole rings is 1. The number of aromatic nitrogens is 2. The number of benzene rings is 1. The Balaban J connectivity index is 2.13. The van der Waals surface area contributed by atoms with Gasteiger partial charge in [0, 0.05) is 12.4 Å². The van der Waals surface area contributed by atoms with Crippen molar-refractivity contribution in [1.29, 1.82) is 0 Å². The largest absolute Gasteiger partial charge is 0.480 e. The molecule has 2 aromatic rings. The summed E-state index contributed by atoms with van der Waals surface area (Å²) in [5.74, 6) is -2.22. The number of hydrogen-bond acceptors (Lipinski definition) is 4. The second-order valence-electron chi connectivity index (χ2n) is 6.92. The molecule has 0 aliphatic heterocycles. The maximum Gasteiger partial charge on any atom is 0.328 e. The Morgan fingerprint density at radius 1 is 1.00 bits per heavy atom. The minimum atomic E-state index is -1.20. The zero-order chi connectivity index (χ0) is 20.0. The Kier molecular flexibility index (Phi) is 6.95. The Bertz CT molecular complexity index is 825. The van der Waals surface area contributed by atoms with Crippen LogP contribution in [-0.4, -0.2) is 43.4 Å². The lowest BCUT2D eigenvalue weighted by molar-refractivity contribution is -0.143. The number of nitrogens with one attached hydrogen (secondary N) is 1. The van der Waals surface area contributed by atoms with Gasteiger partial charge in [-0.1, -0.05) is 44.2 Å². The Hall–Kier alpha value is -2.87. The van der Waals surface area contributed by atoms with E-state index in [9.17, 15) is 24.6 Å². The molecular formula is C19H25N3O5. The first-order chi connectivity index (χ1) is 12.8. The predicted octanol–water partition coefficient (Wildman–Crippen LogP) is 1.24. The molecule has 27 heavy (non-hydrogen) atoms. The SMILES string of the molecule is CC(C)C[C@H](NC(Cn1ccn(Cc2ccccc2)c1=O)C(=O)O)C(=O)O. The summed E-state index contributed by atoms with van der Waals surface area (Å²) in [6.07, 6.45) is 3.40. The van der Waals surface area contributed by atoms with Crippen LogP contribution < -0.4 is 11.0 Å². The smallest absolute Gasteiger partial charge is 0.328 e. The lowest BCUT2D eigenvalue weighted by Crippen LogP contribution is -2.50. The van der Waals surface area contributed by atoms with Gasteiger partial charge in [0.25, 0.3) is 0 Å². The van der Waals surface area contributed by atoms with Crippen LogP contribution in [0.25, 0.3) is 0 Å². The molecule has 2 atom stereocenters. The fourth-order valence-corrected chi connectivity index (χ4v) is 2.85. The van der Waals surface area contributed by atoms with Gasteiger partial charge in [-0.15, -0.1) is 0 Å². The molecule has 0 bridgehead atoms. The van der Waals surface area contributed by atoms with Crippen molar-refractivity contribution >= 4 is 11.9 Å². The van der Waals surface area contributed by atoms with Gasteiger partial charge in [-0.3, -0.25) is 24.0 Å². The summed E-state index contributed by atoms with van der Waals surface area (Å²) in [5.41, 5.74) is 0.607. The molecule has 0 saturated carbocycles. The van der Waals surface area contributed by atoms with Crippen molar-refractivity contribution in [3.8, 4) is 0 Å². The summed E-state index contributed by atoms with van der Waals surface area (Å²) in [6.45, 7) is 3.95. The van der Waals surface area contributed by atoms with E-state index in [-0.39, 0.29) is 18.2 Å². The van der Waals surface area contributed by atoms with Gasteiger partial charge in [0.2, 0.25) is 0 Å². The monoisotopic (exact) mass is 375 g/mol. The number of aliphatic carboxylic acids is 2. The molecule has 1 aromatic carbocycles. The molecule has 0 amide bonds. The topological polar surface area (TPSA) is 114 Å². The minimum absolute atomic E-state index is 0.0859. The van der Waals surface area contributed by atoms with Crippen LogP contribution in [0.4, 0.5) is 0 Å². The molecular weight excluding hydrogens is 350 g/mol. The number of carboxylic acids is 2. The van der Waals surface area contributed by atoms with Gasteiger partial charge in [0.15, 0.2) is 0 Å². The highest BCUT2D eigenvalue weighted by Gasteiger charge is 2.27. The molecule has 146 valence electrons. The Labute approximate surface area is 157 Å². The van der Waals surface area contributed by atoms with Crippen LogP contribution in [0.1, 0.15) is 25.8 Å². The standard InChI is InChI=1S/C19H25N3O5/c1-13(2)10-15(17(23)24)20-16(18(25)26)12-22-9-8-21(19(22)27)11-14-6-4-3-5-7-14/h3-9,13,15-16,20H,10-12H2,1-2H3,(H,23,24)(H,25,26)/t15-,16?/m0/s1. The normalized spacial score (nSPS) is 13.4. The van der Waals surface area contributed by atoms with Gasteiger partial charge in [-0.2, -0.15) is 0 Å². The summed E-state index contributed by atoms with van der Waals surface area (Å²) < 4.78 is 2.76. The zero-order valence-corrected chi connectivity index (χ0v) is 15.4. The summed E-state index contributed by atoms with van der Waals surface area (Å²) in [5, 5.41) is 21.4. The van der Waals surface area contributed by atoms with Crippen molar-refractivity contribution in [2.45, 2.75) is 45.4 Å². The summed E-state index contributed by atoms with van der Waals surface area (Å²) in [4.78, 5) is 35.5. The molecule has 1 unspecified atom stereocenters. The quantitative estimate of drug-likeness (QED) is 0.576. The van der Waals surface area contributed by atoms with Crippen molar-refractivity contribution in [1.82, 2.24) is 14.5 Å². The molecule has 1 heterocycles. The van der Waals surface area contributed by atoms with E-state index in [4.69, 9.17) is 0 Å². The van der Waals surface area contributed by atoms with Crippen molar-refractivity contribution in [2.75, 3.05) is 0 Å². The molecule has 0 aliphatic rings. The maximum atomic E-state index is 12.5. The van der Waals surface area contributed by atoms with E-state index in [0.29, 0.717) is 13.0 Å². The first-order valence-corrected chi connectivity index (χ1v) is 8.79. The van der Waals surface area contributed by atoms with E-state index in [1.54, 1.807) is 6.20 Å². The van der Waals surface area contributed by atoms with Crippen molar-refractivity contribution in [3.05, 3.63) is 58.8 Å². The summed E-state index contributed by atoms with van der Waals surface area (Å²) in [6, 6.07) is 7.26. The first-order valence-electron chi connectivity index (χ1n) is 8.79. The van der Waals surface area contributed by atoms with Crippen LogP contribution in [0, 0.1) is 5.92 Å². The average molecular weight is 375 g/mol. The maximum absolute atomic E-state index is 12.5. The molecule has 1 aromatic heterocycles. The molecule has 8 nitrogen and oxygen atoms in total. The van der Waals surface area contributed by atoms with E-state index in [2.05, 4.69) is 5.32 Å². The molecule has 0 aliphatic carbocycles. The molecule has 0 radical (unpaired) electrons. The number of carboxylic acid groups (broad SMARTS) is 2. The van der Waals surface area contributed by atoms with Gasteiger partial charge in [-0.25, -0.2) is 4.79 Å². The summed E-state index contributed by atoms with van der Waals surface area (Å²) >= 11 is 0. The van der Waals surface area contributed by atoms with E-state index >= 15 is 0 Å². The van der Waals surface area contributed by atoms with Crippen LogP contribution >= 0.6 is 0 Å². The Morgan fingerprint density at radius 3 is 2.15 bits per heavy atom. The second kappa shape index (κ2) is 9.18. The van der Waals surface area contributed by atoms with Gasteiger partial charge < -0.3 is 10.2 Å². The first kappa shape index (κ1) is 20.4. The number of rotatable bonds is 10. The van der Waals surface area contributed by atoms with E-state index < -0.39 is 24.0 Å². The predicted molar refractivity (Wildman–Crippen MR) is 99.7 cm³/mol. The fraction of sp³-hybridized carbons (Fsp3) is 0.421. The highest BCUT2D eigenvalue weighted by atomic mass is 16.4. The lowest BCUT2D eigenvalue weighted by atomic mass is 10.0. The third kappa shape index (κ3) is 5.82. The van der Waals surface area contributed by atoms with E-state index in [1.807, 2.05) is 44.2 Å². The lowest BCUT2D eigenvalue weighted by Gasteiger charge is -2.21. The third-order valence-corrected chi connectivity index (χ3v) is 4.20. The molecule has 3 N–H and O–H groups in total. The number of carbonyl (C=O) groups is 2. The van der Waals surface area contributed by atoms with Crippen LogP contribution in [0.2, 0.25) is 0 Å². The van der Waals surface area contributed by atoms with Crippen LogP contribution in [0.3, 0.4) is 0 Å². The molecule has 0 fully saturated rings. The van der Waals surface area contributed by atoms with Gasteiger partial charge >= 0.3 is 17.6 Å². The average Bonchev–Trinajstić information content (AvgIpc) is 2.94. The Morgan fingerprint density at radius 2 is 1.59 bits per heavy atom. The highest BCUT2D eigenvalue weighted by Crippen LogP contribution is 2.07. The van der Waals surface area contributed by atoms with Crippen molar-refractivity contribution in [2.24, 2.45) is 5.92 Å². The van der Waals surface area contributed by atoms with Gasteiger partial charge in [0.05, 0.1) is 13.1 Å². The van der Waals surface area contributed by atoms with E-state index in [0.717, 1.165) is 5.56 Å². The molecule has 8 heteroatoms. The zero-order valence-electron chi connectivity index (χ0n) is 15.4. The number of nitrogens with zero attached hydrogens (tertiary/aromatic N) is 2.